The third kappa shape index (κ3) is 4.77. The second-order valence-electron chi connectivity index (χ2n) is 5.71. The van der Waals surface area contributed by atoms with Crippen molar-refractivity contribution in [2.45, 2.75) is 30.2 Å². The Morgan fingerprint density at radius 1 is 1.30 bits per heavy atom. The molecule has 1 fully saturated rings. The second-order valence-corrected chi connectivity index (χ2v) is 7.76. The highest BCUT2D eigenvalue weighted by atomic mass is 32.2. The maximum Gasteiger partial charge on any atom is 0.326 e. The van der Waals surface area contributed by atoms with Gasteiger partial charge in [-0.3, -0.25) is 4.79 Å². The fraction of sp³-hybridized carbons (Fsp3) is 0.467. The van der Waals surface area contributed by atoms with Crippen LogP contribution in [0.15, 0.2) is 35.2 Å². The van der Waals surface area contributed by atoms with Crippen LogP contribution in [0.4, 0.5) is 0 Å². The van der Waals surface area contributed by atoms with E-state index in [2.05, 4.69) is 5.32 Å². The van der Waals surface area contributed by atoms with Crippen LogP contribution >= 0.6 is 0 Å². The molecule has 1 amide bonds. The number of sulfonamides is 1. The number of likely N-dealkylation sites (N-methyl/N-ethyl adjacent to an activating group) is 1. The van der Waals surface area contributed by atoms with Gasteiger partial charge in [0.2, 0.25) is 15.9 Å². The average Bonchev–Trinajstić information content (AvgIpc) is 3.31. The van der Waals surface area contributed by atoms with Crippen molar-refractivity contribution in [2.75, 3.05) is 13.6 Å². The van der Waals surface area contributed by atoms with Gasteiger partial charge in [0.1, 0.15) is 6.04 Å². The van der Waals surface area contributed by atoms with Gasteiger partial charge in [0, 0.05) is 7.05 Å². The largest absolute Gasteiger partial charge is 0.480 e. The molecule has 0 radical (unpaired) electrons. The van der Waals surface area contributed by atoms with Crippen molar-refractivity contribution >= 4 is 21.9 Å². The normalized spacial score (nSPS) is 16.1. The van der Waals surface area contributed by atoms with Crippen molar-refractivity contribution in [1.29, 1.82) is 0 Å². The van der Waals surface area contributed by atoms with Gasteiger partial charge in [-0.05, 0) is 24.5 Å². The Bertz CT molecular complexity index is 670. The lowest BCUT2D eigenvalue weighted by molar-refractivity contribution is -0.142. The van der Waals surface area contributed by atoms with Crippen LogP contribution in [0.5, 0.6) is 0 Å². The number of nitrogens with zero attached hydrogens (tertiary/aromatic N) is 1. The summed E-state index contributed by atoms with van der Waals surface area (Å²) in [5.41, 5.74) is 0. The lowest BCUT2D eigenvalue weighted by Crippen LogP contribution is -2.46. The van der Waals surface area contributed by atoms with Gasteiger partial charge in [-0.15, -0.1) is 0 Å². The minimum atomic E-state index is -3.78. The molecule has 0 heterocycles. The van der Waals surface area contributed by atoms with E-state index in [-0.39, 0.29) is 4.90 Å². The summed E-state index contributed by atoms with van der Waals surface area (Å²) in [6.07, 6.45) is 2.33. The maximum absolute atomic E-state index is 12.3. The van der Waals surface area contributed by atoms with E-state index in [1.165, 1.54) is 19.2 Å². The number of aliphatic carboxylic acids is 1. The number of carboxylic acids is 1. The number of carbonyl (C=O) groups is 2. The fourth-order valence-corrected chi connectivity index (χ4v) is 3.36. The number of nitrogens with one attached hydrogen (secondary N) is 1. The molecule has 0 aromatic heterocycles. The highest BCUT2D eigenvalue weighted by Crippen LogP contribution is 2.33. The average molecular weight is 340 g/mol. The van der Waals surface area contributed by atoms with Gasteiger partial charge < -0.3 is 10.4 Å². The third-order valence-corrected chi connectivity index (χ3v) is 5.53. The Labute approximate surface area is 135 Å². The summed E-state index contributed by atoms with van der Waals surface area (Å²) < 4.78 is 25.5. The molecule has 2 N–H and O–H groups in total. The molecule has 126 valence electrons. The lowest BCUT2D eigenvalue weighted by Gasteiger charge is -2.19. The van der Waals surface area contributed by atoms with Crippen LogP contribution in [0.25, 0.3) is 0 Å². The van der Waals surface area contributed by atoms with E-state index in [4.69, 9.17) is 5.11 Å². The molecule has 8 heteroatoms. The molecule has 1 saturated carbocycles. The summed E-state index contributed by atoms with van der Waals surface area (Å²) in [5, 5.41) is 11.5. The van der Waals surface area contributed by atoms with Crippen molar-refractivity contribution in [3.05, 3.63) is 30.3 Å². The highest BCUT2D eigenvalue weighted by molar-refractivity contribution is 7.89. The fourth-order valence-electron chi connectivity index (χ4n) is 2.21. The minimum absolute atomic E-state index is 0.0862. The lowest BCUT2D eigenvalue weighted by atomic mass is 10.1. The van der Waals surface area contributed by atoms with Crippen molar-refractivity contribution in [3.8, 4) is 0 Å². The topological polar surface area (TPSA) is 104 Å². The number of hydrogen-bond acceptors (Lipinski definition) is 4. The van der Waals surface area contributed by atoms with Crippen molar-refractivity contribution in [3.63, 3.8) is 0 Å². The molecule has 0 bridgehead atoms. The quantitative estimate of drug-likeness (QED) is 0.724. The number of carboxylic acid groups (broad SMARTS) is 1. The maximum atomic E-state index is 12.3. The van der Waals surface area contributed by atoms with Gasteiger partial charge in [-0.25, -0.2) is 13.2 Å². The van der Waals surface area contributed by atoms with E-state index in [1.807, 2.05) is 0 Å². The smallest absolute Gasteiger partial charge is 0.326 e. The van der Waals surface area contributed by atoms with Crippen LogP contribution in [-0.4, -0.2) is 49.3 Å². The van der Waals surface area contributed by atoms with Crippen LogP contribution in [0.1, 0.15) is 19.3 Å². The van der Waals surface area contributed by atoms with Crippen LogP contribution in [0.3, 0.4) is 0 Å². The SMILES string of the molecule is CN(CC(=O)NC(CC1CC1)C(=O)O)S(=O)(=O)c1ccccc1. The highest BCUT2D eigenvalue weighted by Gasteiger charge is 2.31. The molecule has 23 heavy (non-hydrogen) atoms. The first kappa shape index (κ1) is 17.4. The first-order chi connectivity index (χ1) is 10.8. The Kier molecular flexibility index (Phi) is 5.38. The number of rotatable bonds is 8. The summed E-state index contributed by atoms with van der Waals surface area (Å²) in [6, 6.07) is 6.80. The molecule has 1 aromatic carbocycles. The Morgan fingerprint density at radius 3 is 2.43 bits per heavy atom. The minimum Gasteiger partial charge on any atom is -0.480 e. The van der Waals surface area contributed by atoms with Crippen LogP contribution in [0, 0.1) is 5.92 Å². The molecule has 1 unspecified atom stereocenters. The van der Waals surface area contributed by atoms with Gasteiger partial charge in [0.15, 0.2) is 0 Å². The molecule has 0 aliphatic heterocycles. The molecule has 1 aromatic rings. The zero-order chi connectivity index (χ0) is 17.0. The molecule has 0 spiro atoms. The summed E-state index contributed by atoms with van der Waals surface area (Å²) in [4.78, 5) is 23.2. The number of hydrogen-bond donors (Lipinski definition) is 2. The number of carbonyl (C=O) groups excluding carboxylic acids is 1. The van der Waals surface area contributed by atoms with E-state index in [9.17, 15) is 18.0 Å². The zero-order valence-corrected chi connectivity index (χ0v) is 13.6. The summed E-state index contributed by atoms with van der Waals surface area (Å²) in [6.45, 7) is -0.425. The predicted octanol–water partition coefficient (Wildman–Crippen LogP) is 0.677. The molecule has 1 aliphatic rings. The van der Waals surface area contributed by atoms with E-state index in [0.29, 0.717) is 12.3 Å². The standard InChI is InChI=1S/C15H20N2O5S/c1-17(23(21,22)12-5-3-2-4-6-12)10-14(18)16-13(15(19)20)9-11-7-8-11/h2-6,11,13H,7-10H2,1H3,(H,16,18)(H,19,20). The van der Waals surface area contributed by atoms with Gasteiger partial charge in [0.05, 0.1) is 11.4 Å². The van der Waals surface area contributed by atoms with Gasteiger partial charge in [-0.2, -0.15) is 4.31 Å². The molecule has 1 atom stereocenters. The van der Waals surface area contributed by atoms with E-state index in [1.54, 1.807) is 18.2 Å². The summed E-state index contributed by atoms with van der Waals surface area (Å²) >= 11 is 0. The first-order valence-corrected chi connectivity index (χ1v) is 8.78. The predicted molar refractivity (Wildman–Crippen MR) is 83.2 cm³/mol. The molecular weight excluding hydrogens is 320 g/mol. The number of amides is 1. The van der Waals surface area contributed by atoms with Crippen molar-refractivity contribution in [1.82, 2.24) is 9.62 Å². The third-order valence-electron chi connectivity index (χ3n) is 3.72. The Balaban J connectivity index is 1.97. The molecule has 2 rings (SSSR count). The zero-order valence-electron chi connectivity index (χ0n) is 12.8. The van der Waals surface area contributed by atoms with Crippen molar-refractivity contribution in [2.24, 2.45) is 5.92 Å². The van der Waals surface area contributed by atoms with Crippen LogP contribution in [0.2, 0.25) is 0 Å². The van der Waals surface area contributed by atoms with Gasteiger partial charge in [0.25, 0.3) is 0 Å². The number of benzene rings is 1. The van der Waals surface area contributed by atoms with Crippen molar-refractivity contribution < 1.29 is 23.1 Å². The Hall–Kier alpha value is -1.93. The van der Waals surface area contributed by atoms with Gasteiger partial charge in [-0.1, -0.05) is 31.0 Å². The van der Waals surface area contributed by atoms with E-state index in [0.717, 1.165) is 17.1 Å². The molecule has 0 saturated heterocycles. The molecule has 1 aliphatic carbocycles. The monoisotopic (exact) mass is 340 g/mol. The molecule has 7 nitrogen and oxygen atoms in total. The van der Waals surface area contributed by atoms with Crippen LogP contribution < -0.4 is 5.32 Å². The summed E-state index contributed by atoms with van der Waals surface area (Å²) in [7, 11) is -2.49. The summed E-state index contributed by atoms with van der Waals surface area (Å²) in [5.74, 6) is -1.39. The Morgan fingerprint density at radius 2 is 1.91 bits per heavy atom. The van der Waals surface area contributed by atoms with E-state index >= 15 is 0 Å². The first-order valence-electron chi connectivity index (χ1n) is 7.34. The second kappa shape index (κ2) is 7.10. The van der Waals surface area contributed by atoms with Crippen LogP contribution in [-0.2, 0) is 19.6 Å². The van der Waals surface area contributed by atoms with E-state index < -0.39 is 34.5 Å². The van der Waals surface area contributed by atoms with Gasteiger partial charge >= 0.3 is 5.97 Å². The molecular formula is C15H20N2O5S.